The van der Waals surface area contributed by atoms with Crippen molar-refractivity contribution in [1.29, 1.82) is 0 Å². The highest BCUT2D eigenvalue weighted by molar-refractivity contribution is 7.91. The van der Waals surface area contributed by atoms with E-state index in [4.69, 9.17) is 4.74 Å². The number of hydrogen-bond donors (Lipinski definition) is 0. The van der Waals surface area contributed by atoms with Crippen LogP contribution in [0.5, 0.6) is 5.75 Å². The summed E-state index contributed by atoms with van der Waals surface area (Å²) in [6, 6.07) is 5.54. The average molecular weight is 303 g/mol. The van der Waals surface area contributed by atoms with Gasteiger partial charge in [-0.25, -0.2) is 12.8 Å². The Labute approximate surface area is 118 Å². The van der Waals surface area contributed by atoms with E-state index in [9.17, 15) is 17.6 Å². The molecule has 0 aliphatic carbocycles. The highest BCUT2D eigenvalue weighted by atomic mass is 32.2. The normalized spacial score (nSPS) is 11.2. The Bertz CT molecular complexity index is 542. The Morgan fingerprint density at radius 1 is 1.30 bits per heavy atom. The predicted molar refractivity (Wildman–Crippen MR) is 73.9 cm³/mol. The molecule has 0 N–H and O–H groups in total. The van der Waals surface area contributed by atoms with E-state index in [1.807, 2.05) is 0 Å². The third-order valence-electron chi connectivity index (χ3n) is 2.56. The van der Waals surface area contributed by atoms with Crippen molar-refractivity contribution < 1.29 is 22.3 Å². The molecule has 20 heavy (non-hydrogen) atoms. The minimum absolute atomic E-state index is 0.217. The number of amides is 1. The largest absolute Gasteiger partial charge is 0.492 e. The van der Waals surface area contributed by atoms with Gasteiger partial charge < -0.3 is 9.64 Å². The SMILES string of the molecule is CCN(CCOc1ccc(F)cc1)C(=O)CS(C)(=O)=O. The molecule has 0 saturated carbocycles. The van der Waals surface area contributed by atoms with Crippen molar-refractivity contribution in [3.05, 3.63) is 30.1 Å². The Balaban J connectivity index is 2.45. The summed E-state index contributed by atoms with van der Waals surface area (Å²) in [6.07, 6.45) is 1.02. The van der Waals surface area contributed by atoms with Crippen LogP contribution in [0, 0.1) is 5.82 Å². The summed E-state index contributed by atoms with van der Waals surface area (Å²) in [4.78, 5) is 13.1. The molecule has 7 heteroatoms. The minimum atomic E-state index is -3.33. The van der Waals surface area contributed by atoms with Crippen molar-refractivity contribution in [2.45, 2.75) is 6.92 Å². The van der Waals surface area contributed by atoms with E-state index >= 15 is 0 Å². The maximum Gasteiger partial charge on any atom is 0.237 e. The quantitative estimate of drug-likeness (QED) is 0.756. The molecule has 1 aromatic carbocycles. The lowest BCUT2D eigenvalue weighted by atomic mass is 10.3. The van der Waals surface area contributed by atoms with Crippen LogP contribution in [0.15, 0.2) is 24.3 Å². The van der Waals surface area contributed by atoms with Gasteiger partial charge in [0.05, 0.1) is 6.54 Å². The summed E-state index contributed by atoms with van der Waals surface area (Å²) in [5.74, 6) is -0.802. The number of nitrogens with zero attached hydrogens (tertiary/aromatic N) is 1. The smallest absolute Gasteiger partial charge is 0.237 e. The van der Waals surface area contributed by atoms with Gasteiger partial charge in [-0.05, 0) is 31.2 Å². The molecule has 0 fully saturated rings. The molecule has 0 aliphatic heterocycles. The summed E-state index contributed by atoms with van der Waals surface area (Å²) in [5, 5.41) is 0. The highest BCUT2D eigenvalue weighted by Gasteiger charge is 2.17. The Morgan fingerprint density at radius 3 is 2.40 bits per heavy atom. The molecule has 0 spiro atoms. The number of halogens is 1. The van der Waals surface area contributed by atoms with E-state index in [1.165, 1.54) is 29.2 Å². The number of rotatable bonds is 7. The van der Waals surface area contributed by atoms with Crippen molar-refractivity contribution in [2.75, 3.05) is 31.7 Å². The maximum absolute atomic E-state index is 12.7. The van der Waals surface area contributed by atoms with Crippen LogP contribution in [-0.2, 0) is 14.6 Å². The fourth-order valence-electron chi connectivity index (χ4n) is 1.58. The number of ether oxygens (including phenoxy) is 1. The molecule has 0 aromatic heterocycles. The van der Waals surface area contributed by atoms with Crippen LogP contribution in [0.2, 0.25) is 0 Å². The van der Waals surface area contributed by atoms with Gasteiger partial charge in [0.25, 0.3) is 0 Å². The second-order valence-corrected chi connectivity index (χ2v) is 6.49. The summed E-state index contributed by atoms with van der Waals surface area (Å²) in [5.41, 5.74) is 0. The molecular weight excluding hydrogens is 285 g/mol. The fraction of sp³-hybridized carbons (Fsp3) is 0.462. The topological polar surface area (TPSA) is 63.7 Å². The molecule has 0 unspecified atom stereocenters. The molecule has 0 bridgehead atoms. The lowest BCUT2D eigenvalue weighted by molar-refractivity contribution is -0.128. The zero-order valence-electron chi connectivity index (χ0n) is 11.5. The third-order valence-corrected chi connectivity index (χ3v) is 3.33. The van der Waals surface area contributed by atoms with Crippen molar-refractivity contribution >= 4 is 15.7 Å². The molecule has 0 aliphatic rings. The van der Waals surface area contributed by atoms with Gasteiger partial charge in [0.1, 0.15) is 23.9 Å². The first kappa shape index (κ1) is 16.4. The maximum atomic E-state index is 12.7. The molecule has 1 amide bonds. The van der Waals surface area contributed by atoms with Crippen LogP contribution in [0.25, 0.3) is 0 Å². The van der Waals surface area contributed by atoms with E-state index in [-0.39, 0.29) is 19.0 Å². The van der Waals surface area contributed by atoms with Crippen molar-refractivity contribution in [3.8, 4) is 5.75 Å². The average Bonchev–Trinajstić information content (AvgIpc) is 2.34. The fourth-order valence-corrected chi connectivity index (χ4v) is 2.21. The molecule has 0 atom stereocenters. The van der Waals surface area contributed by atoms with Gasteiger partial charge in [-0.1, -0.05) is 0 Å². The molecule has 0 radical (unpaired) electrons. The standard InChI is InChI=1S/C13H18FNO4S/c1-3-15(13(16)10-20(2,17)18)8-9-19-12-6-4-11(14)5-7-12/h4-7H,3,8-10H2,1-2H3. The van der Waals surface area contributed by atoms with Crippen molar-refractivity contribution in [1.82, 2.24) is 4.90 Å². The number of carbonyl (C=O) groups excluding carboxylic acids is 1. The van der Waals surface area contributed by atoms with E-state index in [2.05, 4.69) is 0 Å². The summed E-state index contributed by atoms with van der Waals surface area (Å²) >= 11 is 0. The Kier molecular flexibility index (Phi) is 5.94. The third kappa shape index (κ3) is 6.01. The molecular formula is C13H18FNO4S. The second kappa shape index (κ2) is 7.23. The summed E-state index contributed by atoms with van der Waals surface area (Å²) in [7, 11) is -3.33. The van der Waals surface area contributed by atoms with Gasteiger partial charge in [0.2, 0.25) is 5.91 Å². The molecule has 1 aromatic rings. The van der Waals surface area contributed by atoms with Gasteiger partial charge in [-0.3, -0.25) is 4.79 Å². The van der Waals surface area contributed by atoms with E-state index < -0.39 is 21.5 Å². The van der Waals surface area contributed by atoms with Crippen LogP contribution in [0.1, 0.15) is 6.92 Å². The van der Waals surface area contributed by atoms with Crippen molar-refractivity contribution in [2.24, 2.45) is 0 Å². The number of carbonyl (C=O) groups is 1. The van der Waals surface area contributed by atoms with Gasteiger partial charge in [-0.2, -0.15) is 0 Å². The minimum Gasteiger partial charge on any atom is -0.492 e. The molecule has 5 nitrogen and oxygen atoms in total. The first-order chi connectivity index (χ1) is 9.31. The Hall–Kier alpha value is -1.63. The predicted octanol–water partition coefficient (Wildman–Crippen LogP) is 1.10. The number of sulfone groups is 1. The summed E-state index contributed by atoms with van der Waals surface area (Å²) < 4.78 is 40.2. The zero-order valence-corrected chi connectivity index (χ0v) is 12.3. The van der Waals surface area contributed by atoms with Crippen LogP contribution in [0.4, 0.5) is 4.39 Å². The van der Waals surface area contributed by atoms with E-state index in [0.717, 1.165) is 6.26 Å². The Morgan fingerprint density at radius 2 is 1.90 bits per heavy atom. The molecule has 0 saturated heterocycles. The lowest BCUT2D eigenvalue weighted by Crippen LogP contribution is -2.38. The molecule has 112 valence electrons. The second-order valence-electron chi connectivity index (χ2n) is 4.35. The first-order valence-corrected chi connectivity index (χ1v) is 8.21. The van der Waals surface area contributed by atoms with Crippen molar-refractivity contribution in [3.63, 3.8) is 0 Å². The van der Waals surface area contributed by atoms with Gasteiger partial charge in [0.15, 0.2) is 9.84 Å². The van der Waals surface area contributed by atoms with E-state index in [0.29, 0.717) is 12.3 Å². The van der Waals surface area contributed by atoms with Crippen LogP contribution in [0.3, 0.4) is 0 Å². The monoisotopic (exact) mass is 303 g/mol. The van der Waals surface area contributed by atoms with Crippen LogP contribution < -0.4 is 4.74 Å². The lowest BCUT2D eigenvalue weighted by Gasteiger charge is -2.20. The number of likely N-dealkylation sites (N-methyl/N-ethyl adjacent to an activating group) is 1. The van der Waals surface area contributed by atoms with Gasteiger partial charge in [0, 0.05) is 12.8 Å². The number of benzene rings is 1. The molecule has 0 heterocycles. The van der Waals surface area contributed by atoms with Crippen LogP contribution in [-0.4, -0.2) is 50.9 Å². The van der Waals surface area contributed by atoms with E-state index in [1.54, 1.807) is 6.92 Å². The zero-order chi connectivity index (χ0) is 15.2. The number of hydrogen-bond acceptors (Lipinski definition) is 4. The van der Waals surface area contributed by atoms with Gasteiger partial charge in [-0.15, -0.1) is 0 Å². The molecule has 1 rings (SSSR count). The highest BCUT2D eigenvalue weighted by Crippen LogP contribution is 2.10. The van der Waals surface area contributed by atoms with Gasteiger partial charge >= 0.3 is 0 Å². The first-order valence-electron chi connectivity index (χ1n) is 6.15. The van der Waals surface area contributed by atoms with Crippen LogP contribution >= 0.6 is 0 Å². The summed E-state index contributed by atoms with van der Waals surface area (Å²) in [6.45, 7) is 2.66.